The van der Waals surface area contributed by atoms with Crippen LogP contribution in [0.5, 0.6) is 0 Å². The van der Waals surface area contributed by atoms with Gasteiger partial charge in [0.2, 0.25) is 0 Å². The summed E-state index contributed by atoms with van der Waals surface area (Å²) in [4.78, 5) is 22.0. The number of amides is 2. The molecule has 0 fully saturated rings. The maximum absolute atomic E-state index is 12.4. The van der Waals surface area contributed by atoms with Crippen molar-refractivity contribution in [3.05, 3.63) is 28.2 Å². The van der Waals surface area contributed by atoms with E-state index in [1.807, 2.05) is 5.32 Å². The number of nitrogens with one attached hydrogen (secondary N) is 2. The highest BCUT2D eigenvalue weighted by Gasteiger charge is 2.31. The predicted octanol–water partition coefficient (Wildman–Crippen LogP) is 1.40. The van der Waals surface area contributed by atoms with E-state index in [1.165, 1.54) is 0 Å². The third kappa shape index (κ3) is 3.44. The molecule has 0 aromatic heterocycles. The zero-order chi connectivity index (χ0) is 13.9. The molecule has 5 nitrogen and oxygen atoms in total. The van der Waals surface area contributed by atoms with Gasteiger partial charge in [-0.15, -0.1) is 0 Å². The lowest BCUT2D eigenvalue weighted by Gasteiger charge is -2.11. The number of nitrogens with two attached hydrogens (primary N) is 1. The average molecular weight is 326 g/mol. The van der Waals surface area contributed by atoms with Gasteiger partial charge in [0.25, 0.3) is 0 Å². The van der Waals surface area contributed by atoms with Gasteiger partial charge in [-0.3, -0.25) is 15.0 Å². The first-order chi connectivity index (χ1) is 8.25. The smallest absolute Gasteiger partial charge is 0.317 e. The van der Waals surface area contributed by atoms with Crippen LogP contribution in [0.25, 0.3) is 0 Å². The number of benzene rings is 1. The van der Waals surface area contributed by atoms with Gasteiger partial charge < -0.3 is 5.32 Å². The summed E-state index contributed by atoms with van der Waals surface area (Å²) in [7, 11) is 0. The molecule has 1 rings (SSSR count). The van der Waals surface area contributed by atoms with E-state index in [0.29, 0.717) is 6.07 Å². The molecule has 0 spiro atoms. The molecule has 0 unspecified atom stereocenters. The van der Waals surface area contributed by atoms with E-state index >= 15 is 0 Å². The Morgan fingerprint density at radius 2 is 1.83 bits per heavy atom. The first kappa shape index (κ1) is 14.5. The summed E-state index contributed by atoms with van der Waals surface area (Å²) in [6, 6.07) is 2.65. The third-order valence-electron chi connectivity index (χ3n) is 1.88. The summed E-state index contributed by atoms with van der Waals surface area (Å²) in [5.41, 5.74) is 0.429. The Morgan fingerprint density at radius 1 is 1.22 bits per heavy atom. The lowest BCUT2D eigenvalue weighted by Crippen LogP contribution is -2.39. The summed E-state index contributed by atoms with van der Waals surface area (Å²) >= 11 is 2.95. The van der Waals surface area contributed by atoms with E-state index in [0.717, 1.165) is 12.1 Å². The quantitative estimate of drug-likeness (QED) is 0.316. The second-order valence-electron chi connectivity index (χ2n) is 3.12. The van der Waals surface area contributed by atoms with Gasteiger partial charge in [0, 0.05) is 4.47 Å². The van der Waals surface area contributed by atoms with E-state index in [2.05, 4.69) is 15.9 Å². The van der Waals surface area contributed by atoms with Crippen LogP contribution >= 0.6 is 15.9 Å². The average Bonchev–Trinajstić information content (AvgIpc) is 2.29. The van der Waals surface area contributed by atoms with Crippen LogP contribution < -0.4 is 16.6 Å². The fourth-order valence-corrected chi connectivity index (χ4v) is 1.39. The van der Waals surface area contributed by atoms with Crippen molar-refractivity contribution in [1.82, 2.24) is 5.43 Å². The standard InChI is InChI=1S/C9H7BrF3N3O2/c10-5-2-1-4(9(11,12)13)3-6(5)15-7(17)8(18)16-14/h1-3H,14H2,(H,15,17)(H,16,18). The van der Waals surface area contributed by atoms with Gasteiger partial charge >= 0.3 is 18.0 Å². The number of carbonyl (C=O) groups excluding carboxylic acids is 2. The Hall–Kier alpha value is -1.61. The highest BCUT2D eigenvalue weighted by Crippen LogP contribution is 2.33. The molecule has 98 valence electrons. The Bertz CT molecular complexity index is 490. The van der Waals surface area contributed by atoms with Crippen LogP contribution in [0.1, 0.15) is 5.56 Å². The number of hydrazine groups is 1. The number of rotatable bonds is 1. The van der Waals surface area contributed by atoms with Crippen LogP contribution in [-0.2, 0) is 15.8 Å². The number of hydrogen-bond acceptors (Lipinski definition) is 3. The van der Waals surface area contributed by atoms with Gasteiger partial charge in [-0.2, -0.15) is 13.2 Å². The second-order valence-corrected chi connectivity index (χ2v) is 3.97. The van der Waals surface area contributed by atoms with Crippen LogP contribution in [-0.4, -0.2) is 11.8 Å². The van der Waals surface area contributed by atoms with Gasteiger partial charge in [-0.25, -0.2) is 5.84 Å². The number of anilines is 1. The minimum Gasteiger partial charge on any atom is -0.317 e. The minimum absolute atomic E-state index is 0.182. The van der Waals surface area contributed by atoms with Gasteiger partial charge in [0.05, 0.1) is 11.3 Å². The van der Waals surface area contributed by atoms with Crippen LogP contribution in [0.3, 0.4) is 0 Å². The molecule has 0 atom stereocenters. The molecule has 9 heteroatoms. The zero-order valence-corrected chi connectivity index (χ0v) is 10.2. The Kier molecular flexibility index (Phi) is 4.30. The minimum atomic E-state index is -4.55. The maximum Gasteiger partial charge on any atom is 0.416 e. The van der Waals surface area contributed by atoms with E-state index in [9.17, 15) is 22.8 Å². The number of hydrogen-bond donors (Lipinski definition) is 3. The molecule has 0 aliphatic heterocycles. The summed E-state index contributed by atoms with van der Waals surface area (Å²) in [5, 5.41) is 2.00. The highest BCUT2D eigenvalue weighted by atomic mass is 79.9. The predicted molar refractivity (Wildman–Crippen MR) is 60.1 cm³/mol. The molecule has 18 heavy (non-hydrogen) atoms. The molecule has 0 heterocycles. The van der Waals surface area contributed by atoms with Gasteiger partial charge in [0.1, 0.15) is 0 Å². The van der Waals surface area contributed by atoms with E-state index in [1.54, 1.807) is 5.43 Å². The fraction of sp³-hybridized carbons (Fsp3) is 0.111. The van der Waals surface area contributed by atoms with E-state index < -0.39 is 23.6 Å². The monoisotopic (exact) mass is 325 g/mol. The zero-order valence-electron chi connectivity index (χ0n) is 8.64. The Labute approximate surface area is 108 Å². The van der Waals surface area contributed by atoms with Gasteiger partial charge in [-0.05, 0) is 34.1 Å². The van der Waals surface area contributed by atoms with Crippen molar-refractivity contribution in [1.29, 1.82) is 0 Å². The van der Waals surface area contributed by atoms with E-state index in [4.69, 9.17) is 5.84 Å². The molecule has 1 aromatic rings. The third-order valence-corrected chi connectivity index (χ3v) is 2.57. The van der Waals surface area contributed by atoms with Gasteiger partial charge in [-0.1, -0.05) is 0 Å². The van der Waals surface area contributed by atoms with Gasteiger partial charge in [0.15, 0.2) is 0 Å². The fourth-order valence-electron chi connectivity index (χ4n) is 1.04. The van der Waals surface area contributed by atoms with E-state index in [-0.39, 0.29) is 10.2 Å². The lowest BCUT2D eigenvalue weighted by atomic mass is 10.2. The molecule has 1 aromatic carbocycles. The summed E-state index contributed by atoms with van der Waals surface area (Å²) in [5.74, 6) is 2.38. The topological polar surface area (TPSA) is 84.2 Å². The molecule has 0 bridgehead atoms. The molecule has 4 N–H and O–H groups in total. The molecule has 0 saturated heterocycles. The first-order valence-electron chi connectivity index (χ1n) is 4.44. The highest BCUT2D eigenvalue weighted by molar-refractivity contribution is 9.10. The lowest BCUT2D eigenvalue weighted by molar-refractivity contribution is -0.137. The number of carbonyl (C=O) groups is 2. The van der Waals surface area contributed by atoms with Crippen LogP contribution in [0, 0.1) is 0 Å². The normalized spacial score (nSPS) is 10.9. The number of halogens is 4. The summed E-state index contributed by atoms with van der Waals surface area (Å²) < 4.78 is 37.5. The van der Waals surface area contributed by atoms with Crippen LogP contribution in [0.2, 0.25) is 0 Å². The molecule has 0 aliphatic rings. The molecule has 0 radical (unpaired) electrons. The van der Waals surface area contributed by atoms with Crippen molar-refractivity contribution < 1.29 is 22.8 Å². The number of alkyl halides is 3. The van der Waals surface area contributed by atoms with Crippen molar-refractivity contribution in [2.24, 2.45) is 5.84 Å². The molecule has 0 aliphatic carbocycles. The SMILES string of the molecule is NNC(=O)C(=O)Nc1cc(C(F)(F)F)ccc1Br. The maximum atomic E-state index is 12.4. The van der Waals surface area contributed by atoms with Crippen molar-refractivity contribution in [2.45, 2.75) is 6.18 Å². The summed E-state index contributed by atoms with van der Waals surface area (Å²) in [6.45, 7) is 0. The molecule has 0 saturated carbocycles. The van der Waals surface area contributed by atoms with Crippen molar-refractivity contribution in [2.75, 3.05) is 5.32 Å². The van der Waals surface area contributed by atoms with Crippen molar-refractivity contribution in [3.8, 4) is 0 Å². The molecular weight excluding hydrogens is 319 g/mol. The van der Waals surface area contributed by atoms with Crippen molar-refractivity contribution >= 4 is 33.4 Å². The summed E-state index contributed by atoms with van der Waals surface area (Å²) in [6.07, 6.45) is -4.55. The Morgan fingerprint density at radius 3 is 2.33 bits per heavy atom. The van der Waals surface area contributed by atoms with Crippen LogP contribution in [0.4, 0.5) is 18.9 Å². The molecular formula is C9H7BrF3N3O2. The van der Waals surface area contributed by atoms with Crippen molar-refractivity contribution in [3.63, 3.8) is 0 Å². The Balaban J connectivity index is 3.02. The molecule has 2 amide bonds. The largest absolute Gasteiger partial charge is 0.416 e. The second kappa shape index (κ2) is 5.36. The van der Waals surface area contributed by atoms with Crippen LogP contribution in [0.15, 0.2) is 22.7 Å². The first-order valence-corrected chi connectivity index (χ1v) is 5.23.